The van der Waals surface area contributed by atoms with Crippen LogP contribution in [0.4, 0.5) is 5.69 Å². The molecule has 0 atom stereocenters. The van der Waals surface area contributed by atoms with Gasteiger partial charge in [-0.25, -0.2) is 9.67 Å². The number of hydrogen-bond acceptors (Lipinski definition) is 6. The Balaban J connectivity index is 1.53. The number of carbonyl (C=O) groups is 1. The summed E-state index contributed by atoms with van der Waals surface area (Å²) in [5.41, 5.74) is 1.44. The van der Waals surface area contributed by atoms with Gasteiger partial charge in [0.2, 0.25) is 5.91 Å². The zero-order valence-electron chi connectivity index (χ0n) is 15.6. The summed E-state index contributed by atoms with van der Waals surface area (Å²) in [4.78, 5) is 31.8. The highest BCUT2D eigenvalue weighted by Crippen LogP contribution is 2.22. The maximum absolute atomic E-state index is 12.4. The van der Waals surface area contributed by atoms with Crippen molar-refractivity contribution in [3.63, 3.8) is 0 Å². The molecule has 31 heavy (non-hydrogen) atoms. The van der Waals surface area contributed by atoms with Gasteiger partial charge in [0, 0.05) is 10.7 Å². The molecule has 0 saturated carbocycles. The van der Waals surface area contributed by atoms with Crippen molar-refractivity contribution in [1.29, 1.82) is 5.26 Å². The van der Waals surface area contributed by atoms with Crippen LogP contribution in [0.2, 0.25) is 10.0 Å². The molecular formula is C20H12Cl2N6O2S. The summed E-state index contributed by atoms with van der Waals surface area (Å²) < 4.78 is 1.51. The van der Waals surface area contributed by atoms with Gasteiger partial charge in [-0.2, -0.15) is 10.4 Å². The number of aromatic amines is 1. The molecular weight excluding hydrogens is 459 g/mol. The van der Waals surface area contributed by atoms with Crippen molar-refractivity contribution in [3.05, 3.63) is 74.6 Å². The fraction of sp³-hybridized carbons (Fsp3) is 0.0500. The Morgan fingerprint density at radius 1 is 1.26 bits per heavy atom. The fourth-order valence-electron chi connectivity index (χ4n) is 2.78. The molecule has 2 aromatic heterocycles. The summed E-state index contributed by atoms with van der Waals surface area (Å²) in [6.45, 7) is 0. The highest BCUT2D eigenvalue weighted by atomic mass is 35.5. The van der Waals surface area contributed by atoms with Crippen LogP contribution in [-0.4, -0.2) is 31.4 Å². The number of aromatic nitrogens is 4. The largest absolute Gasteiger partial charge is 0.325 e. The zero-order valence-corrected chi connectivity index (χ0v) is 17.9. The Labute approximate surface area is 189 Å². The van der Waals surface area contributed by atoms with Gasteiger partial charge in [-0.1, -0.05) is 41.0 Å². The SMILES string of the molecule is N#Cc1ccc(NC(=O)CSc2nc3c(cnn3-c3cccc(Cl)c3)c(=O)[nH]2)cc1Cl. The van der Waals surface area contributed by atoms with E-state index in [1.807, 2.05) is 6.07 Å². The number of rotatable bonds is 5. The van der Waals surface area contributed by atoms with Gasteiger partial charge in [-0.3, -0.25) is 9.59 Å². The Kier molecular flexibility index (Phi) is 5.95. The number of nitrogens with zero attached hydrogens (tertiary/aromatic N) is 4. The van der Waals surface area contributed by atoms with E-state index in [1.165, 1.54) is 23.0 Å². The molecule has 2 heterocycles. The number of H-pyrrole nitrogens is 1. The lowest BCUT2D eigenvalue weighted by atomic mass is 10.2. The topological polar surface area (TPSA) is 116 Å². The van der Waals surface area contributed by atoms with E-state index in [4.69, 9.17) is 28.5 Å². The van der Waals surface area contributed by atoms with Gasteiger partial charge in [0.25, 0.3) is 5.56 Å². The number of carbonyl (C=O) groups excluding carboxylic acids is 1. The minimum Gasteiger partial charge on any atom is -0.325 e. The number of benzene rings is 2. The molecule has 2 aromatic carbocycles. The molecule has 11 heteroatoms. The van der Waals surface area contributed by atoms with Crippen LogP contribution in [0, 0.1) is 11.3 Å². The predicted octanol–water partition coefficient (Wildman–Crippen LogP) is 4.02. The van der Waals surface area contributed by atoms with E-state index < -0.39 is 0 Å². The molecule has 4 aromatic rings. The second-order valence-electron chi connectivity index (χ2n) is 6.29. The third-order valence-corrected chi connectivity index (χ3v) is 5.60. The highest BCUT2D eigenvalue weighted by molar-refractivity contribution is 7.99. The summed E-state index contributed by atoms with van der Waals surface area (Å²) >= 11 is 13.1. The number of anilines is 1. The van der Waals surface area contributed by atoms with E-state index >= 15 is 0 Å². The van der Waals surface area contributed by atoms with E-state index in [9.17, 15) is 9.59 Å². The van der Waals surface area contributed by atoms with Crippen LogP contribution in [0.1, 0.15) is 5.56 Å². The van der Waals surface area contributed by atoms with E-state index in [1.54, 1.807) is 30.3 Å². The molecule has 0 aliphatic heterocycles. The van der Waals surface area contributed by atoms with E-state index in [2.05, 4.69) is 20.4 Å². The maximum Gasteiger partial charge on any atom is 0.262 e. The van der Waals surface area contributed by atoms with E-state index in [-0.39, 0.29) is 27.4 Å². The Bertz CT molecular complexity index is 1410. The Morgan fingerprint density at radius 3 is 2.84 bits per heavy atom. The van der Waals surface area contributed by atoms with E-state index in [0.717, 1.165) is 11.8 Å². The van der Waals surface area contributed by atoms with Crippen molar-refractivity contribution in [3.8, 4) is 11.8 Å². The average Bonchev–Trinajstić information content (AvgIpc) is 3.17. The molecule has 154 valence electrons. The van der Waals surface area contributed by atoms with Crippen molar-refractivity contribution in [2.75, 3.05) is 11.1 Å². The molecule has 0 spiro atoms. The molecule has 0 saturated heterocycles. The van der Waals surface area contributed by atoms with Crippen molar-refractivity contribution in [2.24, 2.45) is 0 Å². The lowest BCUT2D eigenvalue weighted by Crippen LogP contribution is -2.15. The summed E-state index contributed by atoms with van der Waals surface area (Å²) in [5, 5.41) is 17.2. The third kappa shape index (κ3) is 4.56. The van der Waals surface area contributed by atoms with Crippen molar-refractivity contribution < 1.29 is 4.79 Å². The fourth-order valence-corrected chi connectivity index (χ4v) is 3.84. The van der Waals surface area contributed by atoms with Crippen LogP contribution in [0.3, 0.4) is 0 Å². The monoisotopic (exact) mass is 470 g/mol. The molecule has 0 aliphatic carbocycles. The molecule has 0 fully saturated rings. The van der Waals surface area contributed by atoms with Crippen LogP contribution in [0.5, 0.6) is 0 Å². The maximum atomic E-state index is 12.4. The number of hydrogen-bond donors (Lipinski definition) is 2. The number of thioether (sulfide) groups is 1. The highest BCUT2D eigenvalue weighted by Gasteiger charge is 2.13. The lowest BCUT2D eigenvalue weighted by Gasteiger charge is -2.07. The quantitative estimate of drug-likeness (QED) is 0.336. The predicted molar refractivity (Wildman–Crippen MR) is 120 cm³/mol. The molecule has 1 amide bonds. The van der Waals surface area contributed by atoms with Crippen molar-refractivity contribution >= 4 is 57.6 Å². The van der Waals surface area contributed by atoms with Gasteiger partial charge < -0.3 is 10.3 Å². The van der Waals surface area contributed by atoms with Gasteiger partial charge in [0.15, 0.2) is 10.8 Å². The molecule has 0 bridgehead atoms. The first-order chi connectivity index (χ1) is 14.9. The van der Waals surface area contributed by atoms with E-state index in [0.29, 0.717) is 33.0 Å². The third-order valence-electron chi connectivity index (χ3n) is 4.18. The van der Waals surface area contributed by atoms with Gasteiger partial charge >= 0.3 is 0 Å². The molecule has 0 aliphatic rings. The van der Waals surface area contributed by atoms with Crippen LogP contribution < -0.4 is 10.9 Å². The first-order valence-electron chi connectivity index (χ1n) is 8.81. The zero-order chi connectivity index (χ0) is 22.0. The van der Waals surface area contributed by atoms with Crippen LogP contribution in [0.15, 0.2) is 58.6 Å². The van der Waals surface area contributed by atoms with Crippen LogP contribution in [0.25, 0.3) is 16.7 Å². The van der Waals surface area contributed by atoms with Gasteiger partial charge in [-0.15, -0.1) is 0 Å². The second-order valence-corrected chi connectivity index (χ2v) is 8.10. The normalized spacial score (nSPS) is 10.7. The summed E-state index contributed by atoms with van der Waals surface area (Å²) in [6, 6.07) is 13.6. The molecule has 0 unspecified atom stereocenters. The molecule has 8 nitrogen and oxygen atoms in total. The van der Waals surface area contributed by atoms with Crippen LogP contribution >= 0.6 is 35.0 Å². The smallest absolute Gasteiger partial charge is 0.262 e. The van der Waals surface area contributed by atoms with Crippen molar-refractivity contribution in [1.82, 2.24) is 19.7 Å². The number of nitrogens with one attached hydrogen (secondary N) is 2. The molecule has 2 N–H and O–H groups in total. The summed E-state index contributed by atoms with van der Waals surface area (Å²) in [6.07, 6.45) is 1.43. The number of nitriles is 1. The summed E-state index contributed by atoms with van der Waals surface area (Å²) in [7, 11) is 0. The minimum absolute atomic E-state index is 0.00261. The van der Waals surface area contributed by atoms with Gasteiger partial charge in [0.1, 0.15) is 11.5 Å². The first-order valence-corrected chi connectivity index (χ1v) is 10.5. The number of halogens is 2. The van der Waals surface area contributed by atoms with Gasteiger partial charge in [-0.05, 0) is 36.4 Å². The average molecular weight is 471 g/mol. The second kappa shape index (κ2) is 8.81. The minimum atomic E-state index is -0.361. The Morgan fingerprint density at radius 2 is 2.10 bits per heavy atom. The van der Waals surface area contributed by atoms with Gasteiger partial charge in [0.05, 0.1) is 28.2 Å². The molecule has 4 rings (SSSR count). The molecule has 0 radical (unpaired) electrons. The number of fused-ring (bicyclic) bond motifs is 1. The summed E-state index contributed by atoms with van der Waals surface area (Å²) in [5.74, 6) is -0.325. The lowest BCUT2D eigenvalue weighted by molar-refractivity contribution is -0.113. The standard InChI is InChI=1S/C20H12Cl2N6O2S/c21-12-2-1-3-14(6-12)28-18-15(9-24-28)19(30)27-20(26-18)31-10-17(29)25-13-5-4-11(8-23)16(22)7-13/h1-7,9H,10H2,(H,25,29)(H,26,27,30). The Hall–Kier alpha value is -3.32. The van der Waals surface area contributed by atoms with Crippen LogP contribution in [-0.2, 0) is 4.79 Å². The first kappa shape index (κ1) is 20.9. The van der Waals surface area contributed by atoms with Crippen molar-refractivity contribution in [2.45, 2.75) is 5.16 Å². The number of amides is 1.